The van der Waals surface area contributed by atoms with Gasteiger partial charge in [-0.1, -0.05) is 25.1 Å². The molecule has 0 fully saturated rings. The molecule has 0 saturated heterocycles. The second kappa shape index (κ2) is 6.77. The van der Waals surface area contributed by atoms with Crippen LogP contribution in [-0.2, 0) is 6.54 Å². The highest BCUT2D eigenvalue weighted by molar-refractivity contribution is 5.39. The van der Waals surface area contributed by atoms with Crippen molar-refractivity contribution in [2.75, 3.05) is 0 Å². The Bertz CT molecular complexity index is 572. The smallest absolute Gasteiger partial charge is 0.273 e. The summed E-state index contributed by atoms with van der Waals surface area (Å²) in [5, 5.41) is 14.3. The lowest BCUT2D eigenvalue weighted by Gasteiger charge is -2.17. The van der Waals surface area contributed by atoms with Gasteiger partial charge in [0.25, 0.3) is 5.69 Å². The topological polar surface area (TPSA) is 68.1 Å². The summed E-state index contributed by atoms with van der Waals surface area (Å²) in [7, 11) is 0. The Balaban J connectivity index is 2.10. The van der Waals surface area contributed by atoms with Gasteiger partial charge in [0, 0.05) is 36.6 Å². The second-order valence-electron chi connectivity index (χ2n) is 4.51. The van der Waals surface area contributed by atoms with Crippen LogP contribution in [0.15, 0.2) is 48.8 Å². The van der Waals surface area contributed by atoms with Gasteiger partial charge in [-0.15, -0.1) is 0 Å². The first-order chi connectivity index (χ1) is 9.72. The number of nitro groups is 1. The van der Waals surface area contributed by atoms with Crippen molar-refractivity contribution in [3.63, 3.8) is 0 Å². The summed E-state index contributed by atoms with van der Waals surface area (Å²) < 4.78 is 0. The van der Waals surface area contributed by atoms with E-state index in [1.54, 1.807) is 24.5 Å². The predicted octanol–water partition coefficient (Wildman–Crippen LogP) is 3.23. The number of nitro benzene ring substituents is 1. The third kappa shape index (κ3) is 3.39. The molecule has 0 aliphatic rings. The summed E-state index contributed by atoms with van der Waals surface area (Å²) in [5.41, 5.74) is 2.00. The Morgan fingerprint density at radius 1 is 1.25 bits per heavy atom. The first kappa shape index (κ1) is 14.1. The quantitative estimate of drug-likeness (QED) is 0.647. The average Bonchev–Trinajstić information content (AvgIpc) is 2.49. The van der Waals surface area contributed by atoms with Crippen LogP contribution in [-0.4, -0.2) is 9.91 Å². The summed E-state index contributed by atoms with van der Waals surface area (Å²) in [6.45, 7) is 2.55. The van der Waals surface area contributed by atoms with Crippen LogP contribution in [0.5, 0.6) is 0 Å². The van der Waals surface area contributed by atoms with E-state index >= 15 is 0 Å². The first-order valence-electron chi connectivity index (χ1n) is 6.58. The predicted molar refractivity (Wildman–Crippen MR) is 77.2 cm³/mol. The molecule has 1 aromatic heterocycles. The van der Waals surface area contributed by atoms with Crippen molar-refractivity contribution in [2.24, 2.45) is 0 Å². The minimum absolute atomic E-state index is 0.157. The average molecular weight is 271 g/mol. The van der Waals surface area contributed by atoms with Crippen LogP contribution in [0.25, 0.3) is 0 Å². The number of rotatable bonds is 6. The summed E-state index contributed by atoms with van der Waals surface area (Å²) in [6.07, 6.45) is 4.42. The van der Waals surface area contributed by atoms with Gasteiger partial charge in [-0.2, -0.15) is 0 Å². The molecule has 2 rings (SSSR count). The van der Waals surface area contributed by atoms with Gasteiger partial charge in [0.1, 0.15) is 0 Å². The molecule has 1 heterocycles. The molecule has 0 aliphatic carbocycles. The number of nitrogens with zero attached hydrogens (tertiary/aromatic N) is 2. The molecular formula is C15H17N3O2. The molecular weight excluding hydrogens is 254 g/mol. The molecule has 20 heavy (non-hydrogen) atoms. The number of hydrogen-bond donors (Lipinski definition) is 1. The minimum Gasteiger partial charge on any atom is -0.306 e. The van der Waals surface area contributed by atoms with Crippen molar-refractivity contribution >= 4 is 5.69 Å². The highest BCUT2D eigenvalue weighted by Crippen LogP contribution is 2.20. The van der Waals surface area contributed by atoms with Crippen molar-refractivity contribution in [1.82, 2.24) is 10.3 Å². The largest absolute Gasteiger partial charge is 0.306 e. The molecule has 1 N–H and O–H groups in total. The molecule has 104 valence electrons. The van der Waals surface area contributed by atoms with Crippen molar-refractivity contribution in [1.29, 1.82) is 0 Å². The molecule has 0 spiro atoms. The van der Waals surface area contributed by atoms with Gasteiger partial charge in [-0.05, 0) is 24.1 Å². The van der Waals surface area contributed by atoms with E-state index in [0.717, 1.165) is 12.0 Å². The number of aromatic nitrogens is 1. The first-order valence-corrected chi connectivity index (χ1v) is 6.58. The van der Waals surface area contributed by atoms with Gasteiger partial charge in [-0.3, -0.25) is 15.1 Å². The van der Waals surface area contributed by atoms with Crippen LogP contribution in [0.3, 0.4) is 0 Å². The van der Waals surface area contributed by atoms with Crippen molar-refractivity contribution in [3.05, 3.63) is 70.0 Å². The van der Waals surface area contributed by atoms with E-state index in [0.29, 0.717) is 12.1 Å². The fourth-order valence-electron chi connectivity index (χ4n) is 2.17. The van der Waals surface area contributed by atoms with Crippen LogP contribution in [0.1, 0.15) is 30.5 Å². The molecule has 0 saturated carbocycles. The van der Waals surface area contributed by atoms with Gasteiger partial charge < -0.3 is 5.32 Å². The van der Waals surface area contributed by atoms with E-state index in [1.165, 1.54) is 6.07 Å². The Labute approximate surface area is 117 Å². The van der Waals surface area contributed by atoms with Crippen molar-refractivity contribution in [2.45, 2.75) is 25.9 Å². The zero-order valence-electron chi connectivity index (χ0n) is 11.3. The molecule has 0 unspecified atom stereocenters. The molecule has 1 aromatic carbocycles. The standard InChI is InChI=1S/C15H17N3O2/c1-2-14(12-7-9-16-10-8-12)17-11-13-5-3-4-6-15(13)18(19)20/h3-10,14,17H,2,11H2,1H3/t14-/m0/s1. The Morgan fingerprint density at radius 2 is 1.95 bits per heavy atom. The Morgan fingerprint density at radius 3 is 2.60 bits per heavy atom. The monoisotopic (exact) mass is 271 g/mol. The second-order valence-corrected chi connectivity index (χ2v) is 4.51. The van der Waals surface area contributed by atoms with E-state index in [9.17, 15) is 10.1 Å². The van der Waals surface area contributed by atoms with E-state index in [-0.39, 0.29) is 16.7 Å². The van der Waals surface area contributed by atoms with Gasteiger partial charge in [0.15, 0.2) is 0 Å². The molecule has 0 aliphatic heterocycles. The molecule has 0 radical (unpaired) electrons. The van der Waals surface area contributed by atoms with Gasteiger partial charge in [0.05, 0.1) is 4.92 Å². The zero-order chi connectivity index (χ0) is 14.4. The number of hydrogen-bond acceptors (Lipinski definition) is 4. The van der Waals surface area contributed by atoms with E-state index in [1.807, 2.05) is 18.2 Å². The van der Waals surface area contributed by atoms with Crippen LogP contribution in [0.2, 0.25) is 0 Å². The normalized spacial score (nSPS) is 12.1. The van der Waals surface area contributed by atoms with Crippen molar-refractivity contribution < 1.29 is 4.92 Å². The van der Waals surface area contributed by atoms with Crippen LogP contribution < -0.4 is 5.32 Å². The maximum Gasteiger partial charge on any atom is 0.273 e. The SMILES string of the molecule is CC[C@H](NCc1ccccc1[N+](=O)[O-])c1ccncc1. The fourth-order valence-corrected chi connectivity index (χ4v) is 2.17. The Hall–Kier alpha value is -2.27. The maximum atomic E-state index is 11.0. The lowest BCUT2D eigenvalue weighted by atomic mass is 10.1. The lowest BCUT2D eigenvalue weighted by molar-refractivity contribution is -0.385. The number of pyridine rings is 1. The number of para-hydroxylation sites is 1. The van der Waals surface area contributed by atoms with Gasteiger partial charge in [0.2, 0.25) is 0 Å². The van der Waals surface area contributed by atoms with Crippen LogP contribution in [0, 0.1) is 10.1 Å². The summed E-state index contributed by atoms with van der Waals surface area (Å²) in [5.74, 6) is 0. The van der Waals surface area contributed by atoms with E-state index in [4.69, 9.17) is 0 Å². The molecule has 0 bridgehead atoms. The van der Waals surface area contributed by atoms with E-state index in [2.05, 4.69) is 17.2 Å². The third-order valence-electron chi connectivity index (χ3n) is 3.24. The summed E-state index contributed by atoms with van der Waals surface area (Å²) in [6, 6.07) is 10.9. The summed E-state index contributed by atoms with van der Waals surface area (Å²) in [4.78, 5) is 14.6. The molecule has 0 amide bonds. The third-order valence-corrected chi connectivity index (χ3v) is 3.24. The molecule has 5 nitrogen and oxygen atoms in total. The Kier molecular flexibility index (Phi) is 4.79. The fraction of sp³-hybridized carbons (Fsp3) is 0.267. The zero-order valence-corrected chi connectivity index (χ0v) is 11.3. The van der Waals surface area contributed by atoms with Gasteiger partial charge in [-0.25, -0.2) is 0 Å². The van der Waals surface area contributed by atoms with Gasteiger partial charge >= 0.3 is 0 Å². The van der Waals surface area contributed by atoms with E-state index < -0.39 is 0 Å². The van der Waals surface area contributed by atoms with Crippen LogP contribution >= 0.6 is 0 Å². The maximum absolute atomic E-state index is 11.0. The number of nitrogens with one attached hydrogen (secondary N) is 1. The molecule has 5 heteroatoms. The highest BCUT2D eigenvalue weighted by Gasteiger charge is 2.14. The summed E-state index contributed by atoms with van der Waals surface area (Å²) >= 11 is 0. The van der Waals surface area contributed by atoms with Crippen LogP contribution in [0.4, 0.5) is 5.69 Å². The molecule has 2 aromatic rings. The number of benzene rings is 1. The van der Waals surface area contributed by atoms with Crippen molar-refractivity contribution in [3.8, 4) is 0 Å². The highest BCUT2D eigenvalue weighted by atomic mass is 16.6. The molecule has 1 atom stereocenters. The minimum atomic E-state index is -0.343. The lowest BCUT2D eigenvalue weighted by Crippen LogP contribution is -2.20.